The van der Waals surface area contributed by atoms with Crippen LogP contribution >= 0.6 is 11.6 Å². The molecule has 1 aromatic carbocycles. The van der Waals surface area contributed by atoms with Crippen LogP contribution in [0.2, 0.25) is 5.02 Å². The Morgan fingerprint density at radius 1 is 1.28 bits per heavy atom. The molecule has 5 rings (SSSR count). The third kappa shape index (κ3) is 4.48. The summed E-state index contributed by atoms with van der Waals surface area (Å²) in [7, 11) is 0. The molecule has 3 heterocycles. The third-order valence-corrected chi connectivity index (χ3v) is 6.51. The summed E-state index contributed by atoms with van der Waals surface area (Å²) < 4.78 is 15.0. The van der Waals surface area contributed by atoms with Crippen LogP contribution in [-0.4, -0.2) is 62.6 Å². The Balaban J connectivity index is 1.51. The van der Waals surface area contributed by atoms with E-state index in [9.17, 15) is 19.7 Å². The SMILES string of the molecule is N#Cc1cc(Nc2nc(NC3CC3)c3ncc(C#N)n3n2)c(Cl)c(N2C[C@H](CF)[C@@H](NC(=O)O)C2)c1. The molecule has 1 aliphatic carbocycles. The van der Waals surface area contributed by atoms with Crippen LogP contribution in [0.5, 0.6) is 0 Å². The Bertz CT molecular complexity index is 1430. The van der Waals surface area contributed by atoms with Gasteiger partial charge in [-0.3, -0.25) is 4.39 Å². The number of benzene rings is 1. The monoisotopic (exact) mass is 510 g/mol. The Kier molecular flexibility index (Phi) is 6.08. The summed E-state index contributed by atoms with van der Waals surface area (Å²) >= 11 is 6.72. The summed E-state index contributed by atoms with van der Waals surface area (Å²) in [6.07, 6.45) is 2.16. The molecule has 0 radical (unpaired) electrons. The predicted octanol–water partition coefficient (Wildman–Crippen LogP) is 2.88. The number of aromatic nitrogens is 4. The van der Waals surface area contributed by atoms with Crippen molar-refractivity contribution in [3.8, 4) is 12.1 Å². The van der Waals surface area contributed by atoms with Crippen LogP contribution in [0.25, 0.3) is 5.65 Å². The molecule has 12 nitrogen and oxygen atoms in total. The maximum absolute atomic E-state index is 13.6. The lowest BCUT2D eigenvalue weighted by molar-refractivity contribution is 0.186. The van der Waals surface area contributed by atoms with E-state index in [2.05, 4.69) is 37.1 Å². The van der Waals surface area contributed by atoms with Gasteiger partial charge >= 0.3 is 6.09 Å². The molecule has 0 bridgehead atoms. The molecular weight excluding hydrogens is 491 g/mol. The number of halogens is 2. The quantitative estimate of drug-likeness (QED) is 0.371. The molecule has 2 atom stereocenters. The van der Waals surface area contributed by atoms with Gasteiger partial charge in [0.15, 0.2) is 17.2 Å². The fourth-order valence-electron chi connectivity index (χ4n) is 4.19. The van der Waals surface area contributed by atoms with Crippen molar-refractivity contribution in [3.63, 3.8) is 0 Å². The van der Waals surface area contributed by atoms with Gasteiger partial charge in [-0.25, -0.2) is 9.78 Å². The third-order valence-electron chi connectivity index (χ3n) is 6.11. The number of anilines is 4. The number of imidazole rings is 1. The number of fused-ring (bicyclic) bond motifs is 1. The largest absolute Gasteiger partial charge is 0.465 e. The van der Waals surface area contributed by atoms with Crippen LogP contribution in [-0.2, 0) is 0 Å². The standard InChI is InChI=1S/C22H20ClFN10O2/c23-18-15(3-11(6-25)4-17(18)33-9-12(5-24)16(10-33)30-22(35)36)29-21-31-19(28-13-1-2-13)20-27-8-14(7-26)34(20)32-21/h3-4,8,12-13,16,30H,1-2,5,9-10H2,(H,35,36)(H2,28,29,31,32)/t12-,16-/m0/s1. The second kappa shape index (κ2) is 9.36. The number of amides is 1. The summed E-state index contributed by atoms with van der Waals surface area (Å²) in [6, 6.07) is 6.86. The van der Waals surface area contributed by atoms with Gasteiger partial charge in [0.2, 0.25) is 5.95 Å². The van der Waals surface area contributed by atoms with Crippen molar-refractivity contribution in [3.05, 3.63) is 34.6 Å². The molecule has 2 aliphatic rings. The minimum atomic E-state index is -1.24. The number of alkyl halides is 1. The number of carbonyl (C=O) groups is 1. The number of nitrogens with one attached hydrogen (secondary N) is 3. The van der Waals surface area contributed by atoms with Gasteiger partial charge in [0.05, 0.1) is 46.9 Å². The van der Waals surface area contributed by atoms with Crippen molar-refractivity contribution in [2.75, 3.05) is 35.3 Å². The molecule has 0 unspecified atom stereocenters. The number of hydrogen-bond acceptors (Lipinski definition) is 9. The summed E-state index contributed by atoms with van der Waals surface area (Å²) in [6.45, 7) is -0.305. The zero-order valence-electron chi connectivity index (χ0n) is 18.7. The lowest BCUT2D eigenvalue weighted by Crippen LogP contribution is -2.40. The van der Waals surface area contributed by atoms with Gasteiger partial charge in [-0.05, 0) is 25.0 Å². The maximum atomic E-state index is 13.6. The normalized spacial score (nSPS) is 19.1. The Hall–Kier alpha value is -4.36. The van der Waals surface area contributed by atoms with Crippen molar-refractivity contribution in [2.45, 2.75) is 24.9 Å². The highest BCUT2D eigenvalue weighted by molar-refractivity contribution is 6.36. The number of hydrogen-bond donors (Lipinski definition) is 4. The molecule has 1 saturated carbocycles. The number of nitriles is 2. The highest BCUT2D eigenvalue weighted by Crippen LogP contribution is 2.38. The Morgan fingerprint density at radius 3 is 2.75 bits per heavy atom. The first-order valence-corrected chi connectivity index (χ1v) is 11.5. The molecule has 1 saturated heterocycles. The molecule has 36 heavy (non-hydrogen) atoms. The molecule has 1 amide bonds. The van der Waals surface area contributed by atoms with E-state index in [1.165, 1.54) is 16.8 Å². The van der Waals surface area contributed by atoms with Gasteiger partial charge < -0.3 is 26.0 Å². The average Bonchev–Trinajstić information content (AvgIpc) is 3.43. The minimum absolute atomic E-state index is 0.122. The van der Waals surface area contributed by atoms with Crippen LogP contribution in [0, 0.1) is 28.6 Å². The van der Waals surface area contributed by atoms with E-state index in [1.54, 1.807) is 11.0 Å². The van der Waals surface area contributed by atoms with Gasteiger partial charge in [0.25, 0.3) is 0 Å². The van der Waals surface area contributed by atoms with Crippen molar-refractivity contribution in [2.24, 2.45) is 5.92 Å². The molecule has 0 spiro atoms. The molecule has 184 valence electrons. The fourth-order valence-corrected chi connectivity index (χ4v) is 4.47. The number of carboxylic acid groups (broad SMARTS) is 1. The molecule has 4 N–H and O–H groups in total. The molecule has 14 heteroatoms. The van der Waals surface area contributed by atoms with Crippen LogP contribution in [0.15, 0.2) is 18.3 Å². The lowest BCUT2D eigenvalue weighted by atomic mass is 10.1. The van der Waals surface area contributed by atoms with Crippen LogP contribution in [0.4, 0.5) is 32.3 Å². The van der Waals surface area contributed by atoms with E-state index in [0.717, 1.165) is 12.8 Å². The van der Waals surface area contributed by atoms with E-state index >= 15 is 0 Å². The fraction of sp³-hybridized carbons (Fsp3) is 0.364. The lowest BCUT2D eigenvalue weighted by Gasteiger charge is -2.22. The molecule has 3 aromatic rings. The second-order valence-electron chi connectivity index (χ2n) is 8.66. The van der Waals surface area contributed by atoms with Gasteiger partial charge in [-0.2, -0.15) is 20.0 Å². The smallest absolute Gasteiger partial charge is 0.404 e. The highest BCUT2D eigenvalue weighted by Gasteiger charge is 2.35. The van der Waals surface area contributed by atoms with Crippen molar-refractivity contribution >= 4 is 46.5 Å². The predicted molar refractivity (Wildman–Crippen MR) is 128 cm³/mol. The molecule has 1 aliphatic heterocycles. The topological polar surface area (TPSA) is 167 Å². The van der Waals surface area contributed by atoms with Crippen LogP contribution in [0.1, 0.15) is 24.1 Å². The first-order chi connectivity index (χ1) is 17.4. The molecular formula is C22H20ClFN10O2. The maximum Gasteiger partial charge on any atom is 0.404 e. The summed E-state index contributed by atoms with van der Waals surface area (Å²) in [5.41, 5.74) is 1.68. The number of rotatable bonds is 7. The highest BCUT2D eigenvalue weighted by atomic mass is 35.5. The van der Waals surface area contributed by atoms with Gasteiger partial charge in [0.1, 0.15) is 6.07 Å². The van der Waals surface area contributed by atoms with E-state index in [0.29, 0.717) is 22.8 Å². The van der Waals surface area contributed by atoms with Crippen molar-refractivity contribution < 1.29 is 14.3 Å². The Morgan fingerprint density at radius 2 is 2.08 bits per heavy atom. The van der Waals surface area contributed by atoms with E-state index in [4.69, 9.17) is 16.7 Å². The summed E-state index contributed by atoms with van der Waals surface area (Å²) in [5.74, 6) is 0.0144. The van der Waals surface area contributed by atoms with E-state index < -0.39 is 24.7 Å². The molecule has 2 fully saturated rings. The van der Waals surface area contributed by atoms with Gasteiger partial charge in [-0.15, -0.1) is 5.10 Å². The van der Waals surface area contributed by atoms with Crippen LogP contribution in [0.3, 0.4) is 0 Å². The van der Waals surface area contributed by atoms with Crippen molar-refractivity contribution in [1.82, 2.24) is 24.9 Å². The first kappa shape index (κ1) is 23.4. The summed E-state index contributed by atoms with van der Waals surface area (Å²) in [5, 5.41) is 41.4. The average molecular weight is 511 g/mol. The Labute approximate surface area is 209 Å². The molecule has 2 aromatic heterocycles. The van der Waals surface area contributed by atoms with Gasteiger partial charge in [-0.1, -0.05) is 11.6 Å². The van der Waals surface area contributed by atoms with Crippen molar-refractivity contribution in [1.29, 1.82) is 10.5 Å². The summed E-state index contributed by atoms with van der Waals surface area (Å²) in [4.78, 5) is 21.6. The second-order valence-corrected chi connectivity index (χ2v) is 9.04. The van der Waals surface area contributed by atoms with E-state index in [1.807, 2.05) is 6.07 Å². The van der Waals surface area contributed by atoms with E-state index in [-0.39, 0.29) is 41.4 Å². The first-order valence-electron chi connectivity index (χ1n) is 11.1. The van der Waals surface area contributed by atoms with Gasteiger partial charge in [0, 0.05) is 25.0 Å². The number of nitrogens with zero attached hydrogens (tertiary/aromatic N) is 7. The zero-order chi connectivity index (χ0) is 25.4. The van der Waals surface area contributed by atoms with Crippen LogP contribution < -0.4 is 20.9 Å². The minimum Gasteiger partial charge on any atom is -0.465 e. The zero-order valence-corrected chi connectivity index (χ0v) is 19.5.